The predicted molar refractivity (Wildman–Crippen MR) is 161 cm³/mol. The number of imidazole rings is 1. The smallest absolute Gasteiger partial charge is 0.337 e. The minimum Gasteiger partial charge on any atom is -0.470 e. The number of methoxy groups -OCH3 is 1. The van der Waals surface area contributed by atoms with E-state index in [1.807, 2.05) is 42.2 Å². The van der Waals surface area contributed by atoms with E-state index >= 15 is 0 Å². The van der Waals surface area contributed by atoms with Crippen molar-refractivity contribution in [3.8, 4) is 5.88 Å². The first-order chi connectivity index (χ1) is 20.4. The second kappa shape index (κ2) is 13.3. The number of pyridine rings is 1. The van der Waals surface area contributed by atoms with E-state index in [0.29, 0.717) is 42.2 Å². The molecule has 0 saturated carbocycles. The molecular weight excluding hydrogens is 556 g/mol. The lowest BCUT2D eigenvalue weighted by atomic mass is 10.1. The van der Waals surface area contributed by atoms with Crippen LogP contribution in [0.1, 0.15) is 47.7 Å². The molecule has 0 spiro atoms. The van der Waals surface area contributed by atoms with E-state index < -0.39 is 0 Å². The number of rotatable bonds is 11. The van der Waals surface area contributed by atoms with Crippen LogP contribution in [0, 0.1) is 0 Å². The third kappa shape index (κ3) is 6.69. The van der Waals surface area contributed by atoms with Gasteiger partial charge in [0.1, 0.15) is 12.4 Å². The number of likely N-dealkylation sites (N-methyl/N-ethyl adjacent to an activating group) is 1. The molecule has 42 heavy (non-hydrogen) atoms. The summed E-state index contributed by atoms with van der Waals surface area (Å²) in [6, 6.07) is 11.3. The fourth-order valence-corrected chi connectivity index (χ4v) is 5.27. The fourth-order valence-electron chi connectivity index (χ4n) is 5.16. The molecule has 12 heteroatoms. The number of ether oxygens (including phenoxy) is 2. The number of halogens is 1. The quantitative estimate of drug-likeness (QED) is 0.255. The van der Waals surface area contributed by atoms with Gasteiger partial charge in [-0.3, -0.25) is 14.6 Å². The number of likely N-dealkylation sites (tertiary alicyclic amines) is 1. The van der Waals surface area contributed by atoms with Crippen molar-refractivity contribution in [1.29, 1.82) is 0 Å². The Morgan fingerprint density at radius 1 is 1.21 bits per heavy atom. The molecule has 1 aromatic carbocycles. The minimum atomic E-state index is -0.373. The molecule has 0 radical (unpaired) electrons. The van der Waals surface area contributed by atoms with Gasteiger partial charge in [-0.05, 0) is 50.1 Å². The maximum absolute atomic E-state index is 12.3. The van der Waals surface area contributed by atoms with E-state index in [0.717, 1.165) is 60.7 Å². The molecule has 4 aromatic rings. The van der Waals surface area contributed by atoms with Crippen LogP contribution >= 0.6 is 11.6 Å². The summed E-state index contributed by atoms with van der Waals surface area (Å²) in [6.45, 7) is 6.29. The SMILES string of the molecule is CCN(C)/C(=C\N)Cn1c(CN2CCC(n3ccc(OCc4ccc(Cl)cn4)n3)CC2)nc2ccc(C(=O)OC)cc21. The van der Waals surface area contributed by atoms with Crippen LogP contribution in [-0.2, 0) is 24.4 Å². The topological polar surface area (TPSA) is 117 Å². The van der Waals surface area contributed by atoms with E-state index in [1.54, 1.807) is 24.5 Å². The van der Waals surface area contributed by atoms with Crippen LogP contribution < -0.4 is 10.5 Å². The summed E-state index contributed by atoms with van der Waals surface area (Å²) in [6.07, 6.45) is 7.15. The molecule has 1 aliphatic rings. The Hall–Kier alpha value is -4.09. The van der Waals surface area contributed by atoms with E-state index in [-0.39, 0.29) is 5.97 Å². The molecule has 5 rings (SSSR count). The van der Waals surface area contributed by atoms with Crippen molar-refractivity contribution >= 4 is 28.6 Å². The summed E-state index contributed by atoms with van der Waals surface area (Å²) in [5.41, 5.74) is 10.0. The van der Waals surface area contributed by atoms with Crippen molar-refractivity contribution in [2.24, 2.45) is 5.73 Å². The Bertz CT molecular complexity index is 1540. The van der Waals surface area contributed by atoms with Crippen LogP contribution in [0.3, 0.4) is 0 Å². The average Bonchev–Trinajstić information content (AvgIpc) is 3.63. The van der Waals surface area contributed by atoms with Gasteiger partial charge in [0.2, 0.25) is 5.88 Å². The molecule has 0 amide bonds. The summed E-state index contributed by atoms with van der Waals surface area (Å²) >= 11 is 5.91. The molecule has 1 aliphatic heterocycles. The van der Waals surface area contributed by atoms with Gasteiger partial charge in [-0.2, -0.15) is 0 Å². The van der Waals surface area contributed by atoms with E-state index in [9.17, 15) is 4.79 Å². The number of hydrogen-bond donors (Lipinski definition) is 1. The Morgan fingerprint density at radius 3 is 2.71 bits per heavy atom. The van der Waals surface area contributed by atoms with Crippen molar-refractivity contribution < 1.29 is 14.3 Å². The number of esters is 1. The minimum absolute atomic E-state index is 0.290. The molecule has 0 bridgehead atoms. The largest absolute Gasteiger partial charge is 0.470 e. The molecule has 0 atom stereocenters. The first kappa shape index (κ1) is 29.4. The van der Waals surface area contributed by atoms with Crippen LogP contribution in [0.2, 0.25) is 5.02 Å². The van der Waals surface area contributed by atoms with E-state index in [1.165, 1.54) is 7.11 Å². The van der Waals surface area contributed by atoms with Gasteiger partial charge in [-0.25, -0.2) is 9.78 Å². The van der Waals surface area contributed by atoms with E-state index in [2.05, 4.69) is 31.4 Å². The number of allylic oxidation sites excluding steroid dienone is 1. The van der Waals surface area contributed by atoms with Crippen molar-refractivity contribution in [3.05, 3.63) is 82.8 Å². The molecule has 1 saturated heterocycles. The molecule has 222 valence electrons. The maximum Gasteiger partial charge on any atom is 0.337 e. The normalized spacial score (nSPS) is 14.8. The van der Waals surface area contributed by atoms with Crippen LogP contribution in [-0.4, -0.2) is 73.9 Å². The zero-order valence-corrected chi connectivity index (χ0v) is 25.0. The average molecular weight is 593 g/mol. The van der Waals surface area contributed by atoms with Gasteiger partial charge < -0.3 is 24.7 Å². The second-order valence-electron chi connectivity index (χ2n) is 10.4. The standard InChI is InChI=1S/C30H37ClN8O3/c1-4-36(2)25(16-32)18-38-27-15-21(30(40)41-3)5-8-26(27)34-28(38)19-37-12-9-24(10-13-37)39-14-11-29(35-39)42-20-23-7-6-22(31)17-33-23/h5-8,11,14-17,24H,4,9-10,12-13,18-20,32H2,1-3H3/b25-16-. The first-order valence-electron chi connectivity index (χ1n) is 14.1. The molecule has 3 aromatic heterocycles. The number of aromatic nitrogens is 5. The lowest BCUT2D eigenvalue weighted by Gasteiger charge is -2.32. The van der Waals surface area contributed by atoms with Gasteiger partial charge in [-0.1, -0.05) is 11.6 Å². The maximum atomic E-state index is 12.3. The summed E-state index contributed by atoms with van der Waals surface area (Å²) in [7, 11) is 3.41. The number of carbonyl (C=O) groups is 1. The van der Waals surface area contributed by atoms with Crippen molar-refractivity contribution in [1.82, 2.24) is 34.1 Å². The van der Waals surface area contributed by atoms with Crippen LogP contribution in [0.4, 0.5) is 0 Å². The first-order valence-corrected chi connectivity index (χ1v) is 14.5. The molecular formula is C30H37ClN8O3. The van der Waals surface area contributed by atoms with Gasteiger partial charge in [0.05, 0.1) is 53.6 Å². The molecule has 11 nitrogen and oxygen atoms in total. The Balaban J connectivity index is 1.26. The monoisotopic (exact) mass is 592 g/mol. The summed E-state index contributed by atoms with van der Waals surface area (Å²) in [5.74, 6) is 1.14. The highest BCUT2D eigenvalue weighted by molar-refractivity contribution is 6.30. The highest BCUT2D eigenvalue weighted by atomic mass is 35.5. The van der Waals surface area contributed by atoms with Crippen LogP contribution in [0.15, 0.2) is 60.7 Å². The van der Waals surface area contributed by atoms with E-state index in [4.69, 9.17) is 31.8 Å². The number of fused-ring (bicyclic) bond motifs is 1. The summed E-state index contributed by atoms with van der Waals surface area (Å²) in [5, 5.41) is 5.26. The van der Waals surface area contributed by atoms with Gasteiger partial charge in [0, 0.05) is 57.0 Å². The number of carbonyl (C=O) groups excluding carboxylic acids is 1. The predicted octanol–water partition coefficient (Wildman–Crippen LogP) is 4.24. The highest BCUT2D eigenvalue weighted by Crippen LogP contribution is 2.27. The number of nitrogens with two attached hydrogens (primary N) is 1. The molecule has 1 fully saturated rings. The van der Waals surface area contributed by atoms with Gasteiger partial charge in [-0.15, -0.1) is 5.10 Å². The molecule has 2 N–H and O–H groups in total. The van der Waals surface area contributed by atoms with Gasteiger partial charge >= 0.3 is 5.97 Å². The molecule has 4 heterocycles. The summed E-state index contributed by atoms with van der Waals surface area (Å²) < 4.78 is 15.0. The highest BCUT2D eigenvalue weighted by Gasteiger charge is 2.24. The number of hydrogen-bond acceptors (Lipinski definition) is 9. The zero-order chi connectivity index (χ0) is 29.6. The Morgan fingerprint density at radius 2 is 2.02 bits per heavy atom. The number of benzene rings is 1. The second-order valence-corrected chi connectivity index (χ2v) is 10.8. The van der Waals surface area contributed by atoms with Crippen molar-refractivity contribution in [3.63, 3.8) is 0 Å². The third-order valence-corrected chi connectivity index (χ3v) is 7.99. The van der Waals surface area contributed by atoms with Crippen LogP contribution in [0.5, 0.6) is 5.88 Å². The van der Waals surface area contributed by atoms with Crippen molar-refractivity contribution in [2.75, 3.05) is 33.8 Å². The lowest BCUT2D eigenvalue weighted by molar-refractivity contribution is 0.0601. The third-order valence-electron chi connectivity index (χ3n) is 7.76. The number of nitrogens with zero attached hydrogens (tertiary/aromatic N) is 7. The molecule has 0 unspecified atom stereocenters. The fraction of sp³-hybridized carbons (Fsp3) is 0.400. The van der Waals surface area contributed by atoms with Crippen LogP contribution in [0.25, 0.3) is 11.0 Å². The zero-order valence-electron chi connectivity index (χ0n) is 24.2. The lowest BCUT2D eigenvalue weighted by Crippen LogP contribution is -2.35. The van der Waals surface area contributed by atoms with Crippen molar-refractivity contribution in [2.45, 2.75) is 45.5 Å². The summed E-state index contributed by atoms with van der Waals surface area (Å²) in [4.78, 5) is 26.0. The number of piperidine rings is 1. The Labute approximate surface area is 250 Å². The Kier molecular flexibility index (Phi) is 9.28. The van der Waals surface area contributed by atoms with Gasteiger partial charge in [0.25, 0.3) is 0 Å². The van der Waals surface area contributed by atoms with Gasteiger partial charge in [0.15, 0.2) is 0 Å². The molecule has 0 aliphatic carbocycles.